The highest BCUT2D eigenvalue weighted by Gasteiger charge is 2.27. The largest absolute Gasteiger partial charge is 0.298 e. The van der Waals surface area contributed by atoms with E-state index < -0.39 is 25.8 Å². The van der Waals surface area contributed by atoms with Gasteiger partial charge < -0.3 is 0 Å². The Labute approximate surface area is 191 Å². The zero-order valence-electron chi connectivity index (χ0n) is 17.7. The molecule has 1 fully saturated rings. The number of nitrogens with zero attached hydrogens (tertiary/aromatic N) is 2. The fourth-order valence-electron chi connectivity index (χ4n) is 3.61. The van der Waals surface area contributed by atoms with Crippen molar-refractivity contribution in [2.24, 2.45) is 0 Å². The Hall–Kier alpha value is -2.34. The third-order valence-corrected chi connectivity index (χ3v) is 9.35. The molecule has 1 saturated heterocycles. The average Bonchev–Trinajstić information content (AvgIpc) is 3.15. The maximum Gasteiger partial charge on any atom is 0.257 e. The van der Waals surface area contributed by atoms with Gasteiger partial charge in [-0.25, -0.2) is 21.8 Å². The van der Waals surface area contributed by atoms with Crippen LogP contribution in [0.4, 0.5) is 5.13 Å². The number of sulfone groups is 1. The van der Waals surface area contributed by atoms with Crippen LogP contribution in [0.2, 0.25) is 0 Å². The van der Waals surface area contributed by atoms with E-state index in [1.165, 1.54) is 28.6 Å². The summed E-state index contributed by atoms with van der Waals surface area (Å²) in [7, 11) is -7.02. The predicted molar refractivity (Wildman–Crippen MR) is 124 cm³/mol. The Balaban J connectivity index is 1.61. The van der Waals surface area contributed by atoms with Crippen LogP contribution in [-0.2, 0) is 19.9 Å². The number of fused-ring (bicyclic) bond motifs is 1. The van der Waals surface area contributed by atoms with E-state index in [9.17, 15) is 21.6 Å². The molecule has 0 unspecified atom stereocenters. The van der Waals surface area contributed by atoms with E-state index in [0.29, 0.717) is 34.0 Å². The number of carbonyl (C=O) groups excluding carboxylic acids is 1. The topological polar surface area (TPSA) is 114 Å². The molecule has 1 aliphatic heterocycles. The molecule has 170 valence electrons. The summed E-state index contributed by atoms with van der Waals surface area (Å²) in [6, 6.07) is 9.15. The van der Waals surface area contributed by atoms with Crippen molar-refractivity contribution in [3.05, 3.63) is 47.5 Å². The van der Waals surface area contributed by atoms with Gasteiger partial charge in [0, 0.05) is 24.9 Å². The lowest BCUT2D eigenvalue weighted by Crippen LogP contribution is -2.35. The first kappa shape index (κ1) is 22.8. The van der Waals surface area contributed by atoms with Crippen LogP contribution in [0.1, 0.15) is 35.2 Å². The number of sulfonamides is 1. The molecule has 2 aromatic carbocycles. The minimum Gasteiger partial charge on any atom is -0.298 e. The molecule has 1 aliphatic rings. The van der Waals surface area contributed by atoms with Crippen molar-refractivity contribution in [1.29, 1.82) is 0 Å². The van der Waals surface area contributed by atoms with E-state index in [1.807, 2.05) is 0 Å². The number of rotatable bonds is 5. The molecule has 1 aromatic heterocycles. The molecular weight excluding hydrogens is 470 g/mol. The lowest BCUT2D eigenvalue weighted by atomic mass is 10.1. The molecule has 8 nitrogen and oxygen atoms in total. The maximum atomic E-state index is 13.0. The van der Waals surface area contributed by atoms with Gasteiger partial charge in [-0.05, 0) is 55.7 Å². The van der Waals surface area contributed by atoms with Crippen LogP contribution in [-0.4, -0.2) is 51.4 Å². The molecule has 32 heavy (non-hydrogen) atoms. The molecule has 0 radical (unpaired) electrons. The minimum absolute atomic E-state index is 0.0947. The molecule has 0 spiro atoms. The summed E-state index contributed by atoms with van der Waals surface area (Å²) < 4.78 is 51.6. The van der Waals surface area contributed by atoms with Crippen molar-refractivity contribution in [2.45, 2.75) is 36.0 Å². The molecule has 11 heteroatoms. The van der Waals surface area contributed by atoms with E-state index in [2.05, 4.69) is 10.3 Å². The van der Waals surface area contributed by atoms with Crippen molar-refractivity contribution in [3.8, 4) is 0 Å². The van der Waals surface area contributed by atoms with Crippen LogP contribution in [0, 0.1) is 6.92 Å². The summed E-state index contributed by atoms with van der Waals surface area (Å²) in [6.45, 7) is 2.71. The number of aromatic nitrogens is 1. The summed E-state index contributed by atoms with van der Waals surface area (Å²) in [6.07, 6.45) is 3.81. The van der Waals surface area contributed by atoms with Gasteiger partial charge in [-0.1, -0.05) is 23.8 Å². The van der Waals surface area contributed by atoms with Crippen molar-refractivity contribution < 1.29 is 21.6 Å². The zero-order valence-corrected chi connectivity index (χ0v) is 20.1. The molecule has 0 atom stereocenters. The average molecular weight is 494 g/mol. The number of hydrogen-bond donors (Lipinski definition) is 1. The fourth-order valence-corrected chi connectivity index (χ4v) is 6.78. The smallest absolute Gasteiger partial charge is 0.257 e. The Morgan fingerprint density at radius 3 is 2.38 bits per heavy atom. The third kappa shape index (κ3) is 4.56. The van der Waals surface area contributed by atoms with Gasteiger partial charge in [0.15, 0.2) is 15.0 Å². The van der Waals surface area contributed by atoms with Gasteiger partial charge in [0.1, 0.15) is 0 Å². The number of hydrogen-bond acceptors (Lipinski definition) is 7. The van der Waals surface area contributed by atoms with E-state index in [-0.39, 0.29) is 15.4 Å². The predicted octanol–water partition coefficient (Wildman–Crippen LogP) is 3.44. The first-order valence-electron chi connectivity index (χ1n) is 10.1. The lowest BCUT2D eigenvalue weighted by molar-refractivity contribution is 0.102. The number of anilines is 1. The first-order valence-corrected chi connectivity index (χ1v) is 14.2. The number of amides is 1. The second-order valence-corrected chi connectivity index (χ2v) is 12.8. The number of thiazole rings is 1. The van der Waals surface area contributed by atoms with Gasteiger partial charge in [-0.15, -0.1) is 0 Å². The highest BCUT2D eigenvalue weighted by Crippen LogP contribution is 2.29. The third-order valence-electron chi connectivity index (χ3n) is 5.41. The second-order valence-electron chi connectivity index (χ2n) is 7.82. The molecule has 2 heterocycles. The van der Waals surface area contributed by atoms with E-state index >= 15 is 0 Å². The van der Waals surface area contributed by atoms with Crippen LogP contribution in [0.25, 0.3) is 10.2 Å². The molecule has 1 amide bonds. The quantitative estimate of drug-likeness (QED) is 0.583. The number of carbonyl (C=O) groups is 1. The van der Waals surface area contributed by atoms with Crippen LogP contribution in [0.3, 0.4) is 0 Å². The maximum absolute atomic E-state index is 13.0. The van der Waals surface area contributed by atoms with Crippen LogP contribution < -0.4 is 5.32 Å². The van der Waals surface area contributed by atoms with Crippen molar-refractivity contribution in [2.75, 3.05) is 24.7 Å². The molecule has 4 rings (SSSR count). The zero-order chi connectivity index (χ0) is 23.1. The number of piperidine rings is 1. The molecule has 0 bridgehead atoms. The van der Waals surface area contributed by atoms with Crippen molar-refractivity contribution >= 4 is 52.5 Å². The van der Waals surface area contributed by atoms with E-state index in [1.54, 1.807) is 19.1 Å². The Kier molecular flexibility index (Phi) is 6.10. The Bertz CT molecular complexity index is 1410. The van der Waals surface area contributed by atoms with Gasteiger partial charge in [0.05, 0.1) is 20.0 Å². The number of benzene rings is 2. The van der Waals surface area contributed by atoms with Gasteiger partial charge in [0.2, 0.25) is 10.0 Å². The van der Waals surface area contributed by atoms with E-state index in [4.69, 9.17) is 0 Å². The summed E-state index contributed by atoms with van der Waals surface area (Å²) in [4.78, 5) is 17.6. The highest BCUT2D eigenvalue weighted by atomic mass is 32.2. The first-order chi connectivity index (χ1) is 15.1. The van der Waals surface area contributed by atoms with Gasteiger partial charge in [-0.2, -0.15) is 4.31 Å². The van der Waals surface area contributed by atoms with Crippen LogP contribution >= 0.6 is 11.3 Å². The molecule has 1 N–H and O–H groups in total. The summed E-state index contributed by atoms with van der Waals surface area (Å²) in [5.74, 6) is -0.472. The normalized spacial score (nSPS) is 15.7. The number of nitrogens with one attached hydrogen (secondary N) is 1. The molecular formula is C21H23N3O5S3. The second kappa shape index (κ2) is 8.54. The van der Waals surface area contributed by atoms with Crippen molar-refractivity contribution in [3.63, 3.8) is 0 Å². The minimum atomic E-state index is -3.66. The summed E-state index contributed by atoms with van der Waals surface area (Å²) in [5, 5.41) is 3.02. The summed E-state index contributed by atoms with van der Waals surface area (Å²) in [5.41, 5.74) is 1.45. The van der Waals surface area contributed by atoms with E-state index in [0.717, 1.165) is 36.9 Å². The molecule has 0 aliphatic carbocycles. The highest BCUT2D eigenvalue weighted by molar-refractivity contribution is 7.90. The lowest BCUT2D eigenvalue weighted by Gasteiger charge is -2.26. The Morgan fingerprint density at radius 2 is 1.69 bits per heavy atom. The number of aryl methyl sites for hydroxylation is 1. The van der Waals surface area contributed by atoms with Gasteiger partial charge in [0.25, 0.3) is 5.91 Å². The summed E-state index contributed by atoms with van der Waals surface area (Å²) >= 11 is 1.15. The molecule has 0 saturated carbocycles. The van der Waals surface area contributed by atoms with Crippen LogP contribution in [0.15, 0.2) is 46.2 Å². The Morgan fingerprint density at radius 1 is 1.00 bits per heavy atom. The fraction of sp³-hybridized carbons (Fsp3) is 0.333. The molecule has 3 aromatic rings. The van der Waals surface area contributed by atoms with Gasteiger partial charge >= 0.3 is 0 Å². The van der Waals surface area contributed by atoms with Gasteiger partial charge in [-0.3, -0.25) is 10.1 Å². The SMILES string of the molecule is Cc1ccc(S(=O)(=O)N2CCCCC2)cc1C(=O)Nc1nc2ccc(S(C)(=O)=O)cc2s1. The van der Waals surface area contributed by atoms with Crippen LogP contribution in [0.5, 0.6) is 0 Å². The monoisotopic (exact) mass is 493 g/mol. The standard InChI is InChI=1S/C21H23N3O5S3/c1-14-6-7-16(32(28,29)24-10-4-3-5-11-24)12-17(14)20(25)23-21-22-18-9-8-15(31(2,26)27)13-19(18)30-21/h6-9,12-13H,3-5,10-11H2,1-2H3,(H,22,23,25). The van der Waals surface area contributed by atoms with Crippen molar-refractivity contribution in [1.82, 2.24) is 9.29 Å².